The van der Waals surface area contributed by atoms with Gasteiger partial charge in [-0.2, -0.15) is 0 Å². The van der Waals surface area contributed by atoms with Gasteiger partial charge in [-0.1, -0.05) is 29.3 Å². The maximum absolute atomic E-state index is 13.0. The van der Waals surface area contributed by atoms with Crippen molar-refractivity contribution in [2.75, 3.05) is 0 Å². The molecule has 3 aromatic heterocycles. The molecular formula is C21H17Cl2N3O3. The van der Waals surface area contributed by atoms with Gasteiger partial charge in [0.1, 0.15) is 5.52 Å². The quantitative estimate of drug-likeness (QED) is 0.459. The van der Waals surface area contributed by atoms with Gasteiger partial charge in [0.2, 0.25) is 11.3 Å². The molecule has 0 aliphatic carbocycles. The summed E-state index contributed by atoms with van der Waals surface area (Å²) in [6.07, 6.45) is 2.19. The molecule has 29 heavy (non-hydrogen) atoms. The van der Waals surface area contributed by atoms with Crippen LogP contribution in [-0.4, -0.2) is 20.1 Å². The highest BCUT2D eigenvalue weighted by molar-refractivity contribution is 6.35. The van der Waals surface area contributed by atoms with Gasteiger partial charge in [0, 0.05) is 22.0 Å². The van der Waals surface area contributed by atoms with Crippen molar-refractivity contribution in [1.29, 1.82) is 0 Å². The highest BCUT2D eigenvalue weighted by Crippen LogP contribution is 2.32. The molecule has 0 saturated heterocycles. The molecule has 0 N–H and O–H groups in total. The number of ether oxygens (including phenoxy) is 1. The summed E-state index contributed by atoms with van der Waals surface area (Å²) in [7, 11) is 0. The average Bonchev–Trinajstić information content (AvgIpc) is 3.02. The first kappa shape index (κ1) is 18.6. The third-order valence-electron chi connectivity index (χ3n) is 5.17. The average molecular weight is 430 g/mol. The molecule has 1 aromatic carbocycles. The summed E-state index contributed by atoms with van der Waals surface area (Å²) in [5.41, 5.74) is 3.24. The number of furan rings is 1. The highest BCUT2D eigenvalue weighted by atomic mass is 35.5. The molecule has 0 saturated carbocycles. The van der Waals surface area contributed by atoms with Gasteiger partial charge in [-0.3, -0.25) is 9.36 Å². The van der Waals surface area contributed by atoms with Crippen molar-refractivity contribution in [2.24, 2.45) is 0 Å². The number of halogens is 2. The fraction of sp³-hybridized carbons (Fsp3) is 0.286. The Morgan fingerprint density at radius 2 is 2.07 bits per heavy atom. The molecule has 4 aromatic rings. The minimum absolute atomic E-state index is 0.183. The van der Waals surface area contributed by atoms with E-state index in [-0.39, 0.29) is 23.3 Å². The molecule has 5 rings (SSSR count). The van der Waals surface area contributed by atoms with E-state index >= 15 is 0 Å². The Labute approximate surface area is 176 Å². The number of nitrogens with zero attached hydrogens (tertiary/aromatic N) is 3. The highest BCUT2D eigenvalue weighted by Gasteiger charge is 2.28. The summed E-state index contributed by atoms with van der Waals surface area (Å²) in [4.78, 5) is 22.1. The lowest BCUT2D eigenvalue weighted by Gasteiger charge is -2.30. The molecule has 148 valence electrons. The molecule has 0 fully saturated rings. The third-order valence-corrected chi connectivity index (χ3v) is 5.76. The second-order valence-corrected chi connectivity index (χ2v) is 8.71. The molecule has 8 heteroatoms. The van der Waals surface area contributed by atoms with Crippen LogP contribution in [0.15, 0.2) is 39.8 Å². The maximum Gasteiger partial charge on any atom is 0.297 e. The van der Waals surface area contributed by atoms with E-state index in [1.54, 1.807) is 18.2 Å². The lowest BCUT2D eigenvalue weighted by molar-refractivity contribution is -0.0411. The fourth-order valence-corrected chi connectivity index (χ4v) is 4.09. The van der Waals surface area contributed by atoms with Gasteiger partial charge in [-0.25, -0.2) is 9.97 Å². The Morgan fingerprint density at radius 3 is 2.86 bits per heavy atom. The standard InChI is InChI=1S/C21H17Cl2N3O3/c1-21(2)7-16-12(9-28-21)5-14-17-18(29-19(14)25-16)20(27)26(10-24-17)8-11-3-4-13(22)6-15(11)23/h3-6,10H,7-9H2,1-2H3. The lowest BCUT2D eigenvalue weighted by Crippen LogP contribution is -2.32. The van der Waals surface area contributed by atoms with Crippen molar-refractivity contribution in [2.45, 2.75) is 39.0 Å². The Kier molecular flexibility index (Phi) is 4.21. The van der Waals surface area contributed by atoms with Crippen molar-refractivity contribution in [3.63, 3.8) is 0 Å². The molecule has 0 atom stereocenters. The van der Waals surface area contributed by atoms with Gasteiger partial charge in [0.05, 0.1) is 36.2 Å². The Bertz CT molecular complexity index is 1340. The van der Waals surface area contributed by atoms with Gasteiger partial charge in [-0.05, 0) is 37.6 Å². The van der Waals surface area contributed by atoms with Gasteiger partial charge < -0.3 is 9.15 Å². The van der Waals surface area contributed by atoms with Crippen LogP contribution in [0.5, 0.6) is 0 Å². The van der Waals surface area contributed by atoms with E-state index in [0.717, 1.165) is 22.2 Å². The van der Waals surface area contributed by atoms with E-state index in [1.165, 1.54) is 10.9 Å². The number of fused-ring (bicyclic) bond motifs is 4. The Balaban J connectivity index is 1.62. The maximum atomic E-state index is 13.0. The van der Waals surface area contributed by atoms with Crippen molar-refractivity contribution in [3.05, 3.63) is 67.8 Å². The van der Waals surface area contributed by atoms with Crippen molar-refractivity contribution in [1.82, 2.24) is 14.5 Å². The van der Waals surface area contributed by atoms with Crippen LogP contribution in [0.2, 0.25) is 10.0 Å². The van der Waals surface area contributed by atoms with E-state index < -0.39 is 0 Å². The normalized spacial score (nSPS) is 15.7. The van der Waals surface area contributed by atoms with Crippen LogP contribution in [0.4, 0.5) is 0 Å². The SMILES string of the molecule is CC1(C)Cc2nc3oc4c(=O)n(Cc5ccc(Cl)cc5Cl)cnc4c3cc2CO1. The van der Waals surface area contributed by atoms with Crippen LogP contribution < -0.4 is 5.56 Å². The number of hydrogen-bond donors (Lipinski definition) is 0. The molecule has 4 heterocycles. The summed E-state index contributed by atoms with van der Waals surface area (Å²) in [5, 5.41) is 1.75. The summed E-state index contributed by atoms with van der Waals surface area (Å²) in [6, 6.07) is 7.14. The summed E-state index contributed by atoms with van der Waals surface area (Å²) < 4.78 is 13.2. The summed E-state index contributed by atoms with van der Waals surface area (Å²) in [6.45, 7) is 4.80. The zero-order valence-electron chi connectivity index (χ0n) is 15.8. The Morgan fingerprint density at radius 1 is 1.24 bits per heavy atom. The van der Waals surface area contributed by atoms with E-state index in [4.69, 9.17) is 32.4 Å². The zero-order valence-corrected chi connectivity index (χ0v) is 17.3. The van der Waals surface area contributed by atoms with Crippen LogP contribution in [0.25, 0.3) is 22.2 Å². The first-order valence-corrected chi connectivity index (χ1v) is 9.95. The fourth-order valence-electron chi connectivity index (χ4n) is 3.62. The molecule has 0 bridgehead atoms. The summed E-state index contributed by atoms with van der Waals surface area (Å²) >= 11 is 12.2. The van der Waals surface area contributed by atoms with Crippen LogP contribution in [0, 0.1) is 0 Å². The molecule has 0 spiro atoms. The number of benzene rings is 1. The second-order valence-electron chi connectivity index (χ2n) is 7.87. The molecule has 1 aliphatic heterocycles. The van der Waals surface area contributed by atoms with Gasteiger partial charge in [0.25, 0.3) is 5.56 Å². The minimum Gasteiger partial charge on any atom is -0.430 e. The van der Waals surface area contributed by atoms with Gasteiger partial charge in [0.15, 0.2) is 0 Å². The predicted octanol–water partition coefficient (Wildman–Crippen LogP) is 4.74. The Hall–Kier alpha value is -2.41. The van der Waals surface area contributed by atoms with Gasteiger partial charge in [-0.15, -0.1) is 0 Å². The molecule has 0 amide bonds. The molecule has 0 radical (unpaired) electrons. The zero-order chi connectivity index (χ0) is 20.3. The molecule has 1 aliphatic rings. The molecule has 6 nitrogen and oxygen atoms in total. The van der Waals surface area contributed by atoms with E-state index in [1.807, 2.05) is 19.9 Å². The minimum atomic E-state index is -0.284. The van der Waals surface area contributed by atoms with E-state index in [2.05, 4.69) is 9.97 Å². The topological polar surface area (TPSA) is 70.2 Å². The van der Waals surface area contributed by atoms with Crippen LogP contribution >= 0.6 is 23.2 Å². The van der Waals surface area contributed by atoms with E-state index in [0.29, 0.717) is 34.3 Å². The van der Waals surface area contributed by atoms with Crippen molar-refractivity contribution < 1.29 is 9.15 Å². The predicted molar refractivity (Wildman–Crippen MR) is 112 cm³/mol. The number of rotatable bonds is 2. The first-order chi connectivity index (χ1) is 13.8. The third kappa shape index (κ3) is 3.21. The first-order valence-electron chi connectivity index (χ1n) is 9.19. The van der Waals surface area contributed by atoms with Gasteiger partial charge >= 0.3 is 0 Å². The second kappa shape index (κ2) is 6.55. The van der Waals surface area contributed by atoms with Crippen LogP contribution in [0.1, 0.15) is 30.7 Å². The number of aromatic nitrogens is 3. The largest absolute Gasteiger partial charge is 0.430 e. The summed E-state index contributed by atoms with van der Waals surface area (Å²) in [5.74, 6) is 0. The van der Waals surface area contributed by atoms with Crippen LogP contribution in [0.3, 0.4) is 0 Å². The molecular weight excluding hydrogens is 413 g/mol. The number of pyridine rings is 1. The van der Waals surface area contributed by atoms with E-state index in [9.17, 15) is 4.79 Å². The lowest BCUT2D eigenvalue weighted by atomic mass is 9.95. The van der Waals surface area contributed by atoms with Crippen molar-refractivity contribution in [3.8, 4) is 0 Å². The van der Waals surface area contributed by atoms with Crippen molar-refractivity contribution >= 4 is 45.4 Å². The van der Waals surface area contributed by atoms with Crippen LogP contribution in [-0.2, 0) is 24.3 Å². The smallest absolute Gasteiger partial charge is 0.297 e. The molecule has 0 unspecified atom stereocenters. The number of hydrogen-bond acceptors (Lipinski definition) is 5. The monoisotopic (exact) mass is 429 g/mol.